The van der Waals surface area contributed by atoms with Crippen LogP contribution in [0.15, 0.2) is 30.3 Å². The van der Waals surface area contributed by atoms with Crippen molar-refractivity contribution < 1.29 is 23.5 Å². The molecular formula is C18H23FN2O4. The largest absolute Gasteiger partial charge is 0.452 e. The van der Waals surface area contributed by atoms with Gasteiger partial charge in [-0.3, -0.25) is 9.59 Å². The van der Waals surface area contributed by atoms with E-state index < -0.39 is 24.3 Å². The summed E-state index contributed by atoms with van der Waals surface area (Å²) in [6.07, 6.45) is 2.32. The number of ether oxygens (including phenoxy) is 1. The van der Waals surface area contributed by atoms with Gasteiger partial charge in [0, 0.05) is 24.2 Å². The van der Waals surface area contributed by atoms with Crippen molar-refractivity contribution in [1.82, 2.24) is 10.2 Å². The zero-order valence-electron chi connectivity index (χ0n) is 14.6. The second-order valence-electron chi connectivity index (χ2n) is 5.59. The third-order valence-corrected chi connectivity index (χ3v) is 3.16. The molecule has 0 aliphatic carbocycles. The summed E-state index contributed by atoms with van der Waals surface area (Å²) in [4.78, 5) is 36.6. The molecule has 7 heteroatoms. The van der Waals surface area contributed by atoms with Crippen LogP contribution >= 0.6 is 0 Å². The Morgan fingerprint density at radius 1 is 1.28 bits per heavy atom. The van der Waals surface area contributed by atoms with Crippen LogP contribution in [0.5, 0.6) is 0 Å². The van der Waals surface area contributed by atoms with Crippen molar-refractivity contribution in [2.45, 2.75) is 26.8 Å². The molecule has 2 amide bonds. The molecule has 0 radical (unpaired) electrons. The molecule has 0 spiro atoms. The maximum atomic E-state index is 13.4. The number of hydrogen-bond donors (Lipinski definition) is 1. The molecule has 6 nitrogen and oxygen atoms in total. The number of amides is 2. The Labute approximate surface area is 146 Å². The highest BCUT2D eigenvalue weighted by molar-refractivity contribution is 5.90. The van der Waals surface area contributed by atoms with Gasteiger partial charge in [0.15, 0.2) is 6.61 Å². The number of esters is 1. The highest BCUT2D eigenvalue weighted by Gasteiger charge is 2.17. The van der Waals surface area contributed by atoms with Gasteiger partial charge in [0.2, 0.25) is 5.91 Å². The van der Waals surface area contributed by atoms with Gasteiger partial charge in [-0.05, 0) is 32.9 Å². The zero-order chi connectivity index (χ0) is 18.8. The Bertz CT molecular complexity index is 644. The fourth-order valence-corrected chi connectivity index (χ4v) is 1.96. The van der Waals surface area contributed by atoms with E-state index in [1.165, 1.54) is 23.1 Å². The summed E-state index contributed by atoms with van der Waals surface area (Å²) < 4.78 is 18.3. The minimum Gasteiger partial charge on any atom is -0.452 e. The van der Waals surface area contributed by atoms with E-state index in [0.29, 0.717) is 6.54 Å². The topological polar surface area (TPSA) is 75.7 Å². The van der Waals surface area contributed by atoms with E-state index in [4.69, 9.17) is 4.74 Å². The Balaban J connectivity index is 2.49. The van der Waals surface area contributed by atoms with Crippen molar-refractivity contribution in [3.8, 4) is 0 Å². The number of nitrogens with one attached hydrogen (secondary N) is 1. The quantitative estimate of drug-likeness (QED) is 0.573. The number of rotatable bonds is 8. The third-order valence-electron chi connectivity index (χ3n) is 3.16. The lowest BCUT2D eigenvalue weighted by molar-refractivity contribution is -0.148. The summed E-state index contributed by atoms with van der Waals surface area (Å²) in [5.74, 6) is -1.99. The van der Waals surface area contributed by atoms with E-state index in [9.17, 15) is 18.8 Å². The number of hydrogen-bond acceptors (Lipinski definition) is 4. The van der Waals surface area contributed by atoms with E-state index in [1.807, 2.05) is 13.8 Å². The molecule has 1 aromatic rings. The maximum Gasteiger partial charge on any atom is 0.331 e. The molecule has 25 heavy (non-hydrogen) atoms. The normalized spacial score (nSPS) is 10.8. The van der Waals surface area contributed by atoms with Crippen molar-refractivity contribution in [2.75, 3.05) is 19.7 Å². The van der Waals surface area contributed by atoms with Crippen molar-refractivity contribution in [2.24, 2.45) is 0 Å². The lowest BCUT2D eigenvalue weighted by Crippen LogP contribution is -2.44. The second kappa shape index (κ2) is 10.2. The van der Waals surface area contributed by atoms with Gasteiger partial charge in [-0.25, -0.2) is 9.18 Å². The third kappa shape index (κ3) is 7.60. The molecule has 136 valence electrons. The monoisotopic (exact) mass is 350 g/mol. The number of nitrogens with zero attached hydrogens (tertiary/aromatic N) is 1. The number of likely N-dealkylation sites (N-methyl/N-ethyl adjacent to an activating group) is 1. The van der Waals surface area contributed by atoms with Crippen LogP contribution in [-0.4, -0.2) is 48.4 Å². The summed E-state index contributed by atoms with van der Waals surface area (Å²) in [5, 5.41) is 2.68. The Morgan fingerprint density at radius 3 is 2.56 bits per heavy atom. The average molecular weight is 350 g/mol. The molecule has 0 aromatic heterocycles. The SMILES string of the molecule is CCN(CC(=O)NC(C)C)C(=O)COC(=O)/C=C/c1ccccc1F. The fraction of sp³-hybridized carbons (Fsp3) is 0.389. The van der Waals surface area contributed by atoms with Crippen molar-refractivity contribution in [3.05, 3.63) is 41.7 Å². The van der Waals surface area contributed by atoms with E-state index in [-0.39, 0.29) is 24.1 Å². The highest BCUT2D eigenvalue weighted by atomic mass is 19.1. The van der Waals surface area contributed by atoms with E-state index in [2.05, 4.69) is 5.32 Å². The number of benzene rings is 1. The minimum absolute atomic E-state index is 0.0253. The van der Waals surface area contributed by atoms with Crippen LogP contribution < -0.4 is 5.32 Å². The number of halogens is 1. The van der Waals surface area contributed by atoms with Crippen LogP contribution in [0.1, 0.15) is 26.3 Å². The molecular weight excluding hydrogens is 327 g/mol. The first-order chi connectivity index (χ1) is 11.8. The molecule has 0 unspecified atom stereocenters. The summed E-state index contributed by atoms with van der Waals surface area (Å²) in [6.45, 7) is 5.09. The summed E-state index contributed by atoms with van der Waals surface area (Å²) in [6, 6.07) is 5.94. The van der Waals surface area contributed by atoms with Crippen LogP contribution in [0, 0.1) is 5.82 Å². The molecule has 0 atom stereocenters. The van der Waals surface area contributed by atoms with Gasteiger partial charge in [0.05, 0.1) is 6.54 Å². The molecule has 0 bridgehead atoms. The molecule has 0 aliphatic heterocycles. The van der Waals surface area contributed by atoms with Crippen LogP contribution in [-0.2, 0) is 19.1 Å². The standard InChI is InChI=1S/C18H23FN2O4/c1-4-21(11-16(22)20-13(2)3)17(23)12-25-18(24)10-9-14-7-5-6-8-15(14)19/h5-10,13H,4,11-12H2,1-3H3,(H,20,22)/b10-9+. The Morgan fingerprint density at radius 2 is 1.96 bits per heavy atom. The first-order valence-electron chi connectivity index (χ1n) is 8.00. The molecule has 0 heterocycles. The van der Waals surface area contributed by atoms with Crippen molar-refractivity contribution in [3.63, 3.8) is 0 Å². The average Bonchev–Trinajstić information content (AvgIpc) is 2.56. The van der Waals surface area contributed by atoms with Gasteiger partial charge >= 0.3 is 5.97 Å². The summed E-state index contributed by atoms with van der Waals surface area (Å²) in [5.41, 5.74) is 0.242. The molecule has 1 aromatic carbocycles. The molecule has 0 aliphatic rings. The summed E-state index contributed by atoms with van der Waals surface area (Å²) in [7, 11) is 0. The molecule has 1 N–H and O–H groups in total. The zero-order valence-corrected chi connectivity index (χ0v) is 14.6. The molecule has 0 saturated carbocycles. The van der Waals surface area contributed by atoms with E-state index in [1.54, 1.807) is 19.1 Å². The van der Waals surface area contributed by atoms with Gasteiger partial charge in [-0.2, -0.15) is 0 Å². The first kappa shape index (κ1) is 20.3. The second-order valence-corrected chi connectivity index (χ2v) is 5.59. The first-order valence-corrected chi connectivity index (χ1v) is 8.00. The smallest absolute Gasteiger partial charge is 0.331 e. The van der Waals surface area contributed by atoms with Gasteiger partial charge < -0.3 is 15.0 Å². The predicted octanol–water partition coefficient (Wildman–Crippen LogP) is 1.76. The summed E-state index contributed by atoms with van der Waals surface area (Å²) >= 11 is 0. The van der Waals surface area contributed by atoms with E-state index >= 15 is 0 Å². The van der Waals surface area contributed by atoms with Crippen LogP contribution in [0.25, 0.3) is 6.08 Å². The van der Waals surface area contributed by atoms with E-state index in [0.717, 1.165) is 6.08 Å². The Hall–Kier alpha value is -2.70. The highest BCUT2D eigenvalue weighted by Crippen LogP contribution is 2.08. The predicted molar refractivity (Wildman–Crippen MR) is 91.9 cm³/mol. The Kier molecular flexibility index (Phi) is 8.32. The number of carbonyl (C=O) groups is 3. The van der Waals surface area contributed by atoms with Crippen LogP contribution in [0.3, 0.4) is 0 Å². The fourth-order valence-electron chi connectivity index (χ4n) is 1.96. The van der Waals surface area contributed by atoms with Gasteiger partial charge in [-0.1, -0.05) is 18.2 Å². The van der Waals surface area contributed by atoms with Gasteiger partial charge in [0.25, 0.3) is 5.91 Å². The maximum absolute atomic E-state index is 13.4. The van der Waals surface area contributed by atoms with Gasteiger partial charge in [0.1, 0.15) is 5.82 Å². The van der Waals surface area contributed by atoms with Crippen molar-refractivity contribution in [1.29, 1.82) is 0 Å². The molecule has 0 fully saturated rings. The van der Waals surface area contributed by atoms with Crippen molar-refractivity contribution >= 4 is 23.9 Å². The lowest BCUT2D eigenvalue weighted by atomic mass is 10.2. The minimum atomic E-state index is -0.765. The van der Waals surface area contributed by atoms with Crippen LogP contribution in [0.2, 0.25) is 0 Å². The van der Waals surface area contributed by atoms with Crippen LogP contribution in [0.4, 0.5) is 4.39 Å². The lowest BCUT2D eigenvalue weighted by Gasteiger charge is -2.20. The molecule has 1 rings (SSSR count). The van der Waals surface area contributed by atoms with Gasteiger partial charge in [-0.15, -0.1) is 0 Å². The number of carbonyl (C=O) groups excluding carboxylic acids is 3. The molecule has 0 saturated heterocycles.